The van der Waals surface area contributed by atoms with Crippen LogP contribution in [0.2, 0.25) is 10.0 Å². The van der Waals surface area contributed by atoms with Crippen molar-refractivity contribution in [2.24, 2.45) is 0 Å². The summed E-state index contributed by atoms with van der Waals surface area (Å²) in [6.45, 7) is 4.87. The first-order valence-electron chi connectivity index (χ1n) is 8.12. The van der Waals surface area contributed by atoms with Crippen LogP contribution >= 0.6 is 34.5 Å². The molecular weight excluding hydrogens is 379 g/mol. The lowest BCUT2D eigenvalue weighted by atomic mass is 9.94. The fourth-order valence-electron chi connectivity index (χ4n) is 3.26. The van der Waals surface area contributed by atoms with Crippen molar-refractivity contribution < 1.29 is 0 Å². The van der Waals surface area contributed by atoms with Crippen molar-refractivity contribution in [1.29, 1.82) is 0 Å². The maximum atomic E-state index is 12.2. The van der Waals surface area contributed by atoms with E-state index in [0.29, 0.717) is 15.0 Å². The number of aromatic nitrogens is 3. The highest BCUT2D eigenvalue weighted by molar-refractivity contribution is 7.20. The number of nitrogens with zero attached hydrogens (tertiary/aromatic N) is 4. The first-order chi connectivity index (χ1) is 12.0. The molecule has 3 heterocycles. The van der Waals surface area contributed by atoms with E-state index >= 15 is 0 Å². The molecule has 0 fully saturated rings. The topological polar surface area (TPSA) is 50.5 Å². The summed E-state index contributed by atoms with van der Waals surface area (Å²) >= 11 is 14.0. The van der Waals surface area contributed by atoms with Gasteiger partial charge < -0.3 is 4.90 Å². The van der Waals surface area contributed by atoms with Crippen molar-refractivity contribution in [2.45, 2.75) is 32.7 Å². The zero-order valence-electron chi connectivity index (χ0n) is 13.8. The van der Waals surface area contributed by atoms with Gasteiger partial charge in [0.25, 0.3) is 5.56 Å². The number of hydrogen-bond donors (Lipinski definition) is 0. The number of anilines is 1. The predicted molar refractivity (Wildman–Crippen MR) is 102 cm³/mol. The molecule has 25 heavy (non-hydrogen) atoms. The van der Waals surface area contributed by atoms with Crippen LogP contribution in [0.25, 0.3) is 4.96 Å². The Balaban J connectivity index is 1.79. The Labute approximate surface area is 158 Å². The van der Waals surface area contributed by atoms with E-state index in [4.69, 9.17) is 23.2 Å². The van der Waals surface area contributed by atoms with Gasteiger partial charge in [-0.25, -0.2) is 4.98 Å². The van der Waals surface area contributed by atoms with Crippen LogP contribution in [0.4, 0.5) is 5.13 Å². The number of hydrogen-bond acceptors (Lipinski definition) is 5. The molecule has 1 aliphatic rings. The normalized spacial score (nSPS) is 17.1. The Morgan fingerprint density at radius 3 is 2.88 bits per heavy atom. The van der Waals surface area contributed by atoms with Gasteiger partial charge in [0, 0.05) is 28.4 Å². The zero-order valence-corrected chi connectivity index (χ0v) is 16.1. The van der Waals surface area contributed by atoms with Gasteiger partial charge in [0.15, 0.2) is 0 Å². The molecular formula is C17H16Cl2N4OS. The summed E-state index contributed by atoms with van der Waals surface area (Å²) in [6, 6.07) is 5.37. The van der Waals surface area contributed by atoms with Gasteiger partial charge in [-0.3, -0.25) is 4.79 Å². The monoisotopic (exact) mass is 394 g/mol. The molecule has 0 spiro atoms. The number of rotatable bonds is 2. The standard InChI is InChI=1S/C17H16Cl2N4OS/c1-3-11-8-15(24)23-16(20-11)25-17(21-23)22-5-4-12-13(9(22)2)6-10(18)7-14(12)19/h6-9H,3-5H2,1-2H3. The minimum Gasteiger partial charge on any atom is -0.340 e. The fraction of sp³-hybridized carbons (Fsp3) is 0.353. The van der Waals surface area contributed by atoms with E-state index in [9.17, 15) is 4.79 Å². The molecule has 4 rings (SSSR count). The van der Waals surface area contributed by atoms with Crippen molar-refractivity contribution in [1.82, 2.24) is 14.6 Å². The number of halogens is 2. The average Bonchev–Trinajstić information content (AvgIpc) is 3.00. The highest BCUT2D eigenvalue weighted by atomic mass is 35.5. The number of aryl methyl sites for hydroxylation is 1. The van der Waals surface area contributed by atoms with Gasteiger partial charge in [0.05, 0.1) is 6.04 Å². The third-order valence-electron chi connectivity index (χ3n) is 4.61. The Morgan fingerprint density at radius 2 is 2.12 bits per heavy atom. The molecule has 1 aromatic carbocycles. The zero-order chi connectivity index (χ0) is 17.7. The molecule has 2 aromatic heterocycles. The molecule has 1 atom stereocenters. The smallest absolute Gasteiger partial charge is 0.275 e. The van der Waals surface area contributed by atoms with E-state index in [1.54, 1.807) is 12.1 Å². The molecule has 0 amide bonds. The van der Waals surface area contributed by atoms with Gasteiger partial charge in [0.1, 0.15) is 0 Å². The largest absolute Gasteiger partial charge is 0.340 e. The molecule has 0 N–H and O–H groups in total. The van der Waals surface area contributed by atoms with Crippen LogP contribution in [0.15, 0.2) is 23.0 Å². The van der Waals surface area contributed by atoms with E-state index in [0.717, 1.165) is 41.3 Å². The summed E-state index contributed by atoms with van der Waals surface area (Å²) in [4.78, 5) is 19.6. The van der Waals surface area contributed by atoms with Gasteiger partial charge >= 0.3 is 0 Å². The summed E-state index contributed by atoms with van der Waals surface area (Å²) < 4.78 is 1.38. The number of benzene rings is 1. The first-order valence-corrected chi connectivity index (χ1v) is 9.69. The van der Waals surface area contributed by atoms with Crippen LogP contribution < -0.4 is 10.5 Å². The lowest BCUT2D eigenvalue weighted by Crippen LogP contribution is -2.34. The van der Waals surface area contributed by atoms with Gasteiger partial charge in [0.2, 0.25) is 10.1 Å². The van der Waals surface area contributed by atoms with Gasteiger partial charge in [-0.1, -0.05) is 41.5 Å². The van der Waals surface area contributed by atoms with E-state index in [2.05, 4.69) is 21.9 Å². The first kappa shape index (κ1) is 16.8. The van der Waals surface area contributed by atoms with Gasteiger partial charge in [-0.15, -0.1) is 5.10 Å². The van der Waals surface area contributed by atoms with E-state index in [1.165, 1.54) is 15.9 Å². The summed E-state index contributed by atoms with van der Waals surface area (Å²) in [7, 11) is 0. The van der Waals surface area contributed by atoms with Crippen molar-refractivity contribution in [3.8, 4) is 0 Å². The molecule has 0 radical (unpaired) electrons. The molecule has 5 nitrogen and oxygen atoms in total. The van der Waals surface area contributed by atoms with Gasteiger partial charge in [-0.2, -0.15) is 4.52 Å². The molecule has 0 saturated carbocycles. The van der Waals surface area contributed by atoms with E-state index in [-0.39, 0.29) is 11.6 Å². The molecule has 0 saturated heterocycles. The summed E-state index contributed by atoms with van der Waals surface area (Å²) in [5.41, 5.74) is 2.90. The molecule has 0 aliphatic carbocycles. The quantitative estimate of drug-likeness (QED) is 0.654. The maximum Gasteiger partial charge on any atom is 0.275 e. The molecule has 8 heteroatoms. The summed E-state index contributed by atoms with van der Waals surface area (Å²) in [5.74, 6) is 0. The second-order valence-corrected chi connectivity index (χ2v) is 7.87. The predicted octanol–water partition coefficient (Wildman–Crippen LogP) is 4.14. The van der Waals surface area contributed by atoms with E-state index in [1.807, 2.05) is 13.0 Å². The van der Waals surface area contributed by atoms with E-state index < -0.39 is 0 Å². The second kappa shape index (κ2) is 6.27. The number of fused-ring (bicyclic) bond motifs is 2. The third-order valence-corrected chi connectivity index (χ3v) is 6.11. The minimum atomic E-state index is -0.138. The third kappa shape index (κ3) is 2.82. The van der Waals surface area contributed by atoms with Crippen LogP contribution in [-0.4, -0.2) is 21.1 Å². The SMILES string of the molecule is CCc1cc(=O)n2nc(N3CCc4c(Cl)cc(Cl)cc4C3C)sc2n1. The Hall–Kier alpha value is -1.63. The molecule has 3 aromatic rings. The Bertz CT molecular complexity index is 1030. The fourth-order valence-corrected chi connectivity index (χ4v) is 4.89. The van der Waals surface area contributed by atoms with Crippen molar-refractivity contribution >= 4 is 44.6 Å². The highest BCUT2D eigenvalue weighted by Crippen LogP contribution is 2.39. The van der Waals surface area contributed by atoms with Crippen LogP contribution in [0.3, 0.4) is 0 Å². The van der Waals surface area contributed by atoms with Crippen molar-refractivity contribution in [3.63, 3.8) is 0 Å². The lowest BCUT2D eigenvalue weighted by molar-refractivity contribution is 0.617. The molecule has 1 aliphatic heterocycles. The molecule has 0 bridgehead atoms. The molecule has 1 unspecified atom stereocenters. The second-order valence-electron chi connectivity index (χ2n) is 6.09. The summed E-state index contributed by atoms with van der Waals surface area (Å²) in [6.07, 6.45) is 1.54. The van der Waals surface area contributed by atoms with Crippen LogP contribution in [0.1, 0.15) is 36.7 Å². The lowest BCUT2D eigenvalue weighted by Gasteiger charge is -2.35. The van der Waals surface area contributed by atoms with Crippen LogP contribution in [0.5, 0.6) is 0 Å². The summed E-state index contributed by atoms with van der Waals surface area (Å²) in [5, 5.41) is 6.63. The maximum absolute atomic E-state index is 12.2. The Morgan fingerprint density at radius 1 is 1.32 bits per heavy atom. The van der Waals surface area contributed by atoms with Crippen molar-refractivity contribution in [3.05, 3.63) is 55.4 Å². The van der Waals surface area contributed by atoms with Crippen LogP contribution in [0, 0.1) is 0 Å². The average molecular weight is 395 g/mol. The van der Waals surface area contributed by atoms with Crippen LogP contribution in [-0.2, 0) is 12.8 Å². The van der Waals surface area contributed by atoms with Crippen molar-refractivity contribution in [2.75, 3.05) is 11.4 Å². The minimum absolute atomic E-state index is 0.0712. The van der Waals surface area contributed by atoms with Gasteiger partial charge in [-0.05, 0) is 43.0 Å². The molecule has 130 valence electrons. The highest BCUT2D eigenvalue weighted by Gasteiger charge is 2.28. The Kier molecular flexibility index (Phi) is 4.22.